The number of fused-ring (bicyclic) bond motifs is 1. The average molecular weight is 361 g/mol. The van der Waals surface area contributed by atoms with Crippen molar-refractivity contribution in [3.8, 4) is 0 Å². The van der Waals surface area contributed by atoms with E-state index in [1.165, 1.54) is 12.5 Å². The standard InChI is InChI=1S/C22H23N3O2/c1-15-9-10-19(14-16(15)2)25(17(3)26)13-11-21(27)24-20-8-4-6-18-7-5-12-23-22(18)20/h4-10,12,14H,11,13H2,1-3H3,(H,24,27). The van der Waals surface area contributed by atoms with Crippen molar-refractivity contribution in [3.05, 3.63) is 65.9 Å². The second-order valence-corrected chi connectivity index (χ2v) is 6.62. The zero-order valence-corrected chi connectivity index (χ0v) is 15.8. The highest BCUT2D eigenvalue weighted by Gasteiger charge is 2.15. The number of benzene rings is 2. The molecule has 0 unspecified atom stereocenters. The molecule has 3 aromatic rings. The van der Waals surface area contributed by atoms with Crippen LogP contribution in [0, 0.1) is 13.8 Å². The Bertz CT molecular complexity index is 993. The van der Waals surface area contributed by atoms with Crippen molar-refractivity contribution in [1.29, 1.82) is 0 Å². The van der Waals surface area contributed by atoms with Crippen molar-refractivity contribution in [1.82, 2.24) is 4.98 Å². The molecule has 0 saturated carbocycles. The van der Waals surface area contributed by atoms with Crippen molar-refractivity contribution >= 4 is 34.1 Å². The number of carbonyl (C=O) groups is 2. The second kappa shape index (κ2) is 7.99. The van der Waals surface area contributed by atoms with Gasteiger partial charge in [0.2, 0.25) is 11.8 Å². The molecule has 3 rings (SSSR count). The number of rotatable bonds is 5. The number of pyridine rings is 1. The summed E-state index contributed by atoms with van der Waals surface area (Å²) < 4.78 is 0. The Balaban J connectivity index is 1.71. The predicted molar refractivity (Wildman–Crippen MR) is 109 cm³/mol. The first-order valence-corrected chi connectivity index (χ1v) is 8.94. The number of aryl methyl sites for hydroxylation is 2. The summed E-state index contributed by atoms with van der Waals surface area (Å²) in [5.41, 5.74) is 4.53. The third-order valence-corrected chi connectivity index (χ3v) is 4.65. The van der Waals surface area contributed by atoms with Crippen molar-refractivity contribution in [2.75, 3.05) is 16.8 Å². The van der Waals surface area contributed by atoms with Gasteiger partial charge in [0, 0.05) is 37.2 Å². The number of carbonyl (C=O) groups excluding carboxylic acids is 2. The van der Waals surface area contributed by atoms with E-state index in [0.717, 1.165) is 22.2 Å². The Morgan fingerprint density at radius 2 is 1.81 bits per heavy atom. The Hall–Kier alpha value is -3.21. The number of para-hydroxylation sites is 1. The fourth-order valence-electron chi connectivity index (χ4n) is 2.99. The molecule has 0 aliphatic carbocycles. The summed E-state index contributed by atoms with van der Waals surface area (Å²) in [5, 5.41) is 3.88. The van der Waals surface area contributed by atoms with Gasteiger partial charge in [-0.1, -0.05) is 24.3 Å². The van der Waals surface area contributed by atoms with E-state index in [1.54, 1.807) is 11.1 Å². The van der Waals surface area contributed by atoms with Crippen LogP contribution < -0.4 is 10.2 Å². The van der Waals surface area contributed by atoms with Gasteiger partial charge in [0.25, 0.3) is 0 Å². The first-order chi connectivity index (χ1) is 13.0. The summed E-state index contributed by atoms with van der Waals surface area (Å²) in [6, 6.07) is 15.4. The largest absolute Gasteiger partial charge is 0.324 e. The minimum Gasteiger partial charge on any atom is -0.324 e. The van der Waals surface area contributed by atoms with Crippen LogP contribution in [-0.2, 0) is 9.59 Å². The van der Waals surface area contributed by atoms with E-state index < -0.39 is 0 Å². The third kappa shape index (κ3) is 4.31. The molecule has 2 amide bonds. The number of nitrogens with one attached hydrogen (secondary N) is 1. The lowest BCUT2D eigenvalue weighted by atomic mass is 10.1. The molecular formula is C22H23N3O2. The quantitative estimate of drug-likeness (QED) is 0.739. The van der Waals surface area contributed by atoms with Gasteiger partial charge in [-0.05, 0) is 49.2 Å². The molecule has 0 saturated heterocycles. The smallest absolute Gasteiger partial charge is 0.226 e. The zero-order valence-electron chi connectivity index (χ0n) is 15.8. The summed E-state index contributed by atoms with van der Waals surface area (Å²) in [7, 11) is 0. The van der Waals surface area contributed by atoms with E-state index in [-0.39, 0.29) is 18.2 Å². The molecule has 0 aliphatic rings. The number of anilines is 2. The number of amides is 2. The molecule has 5 nitrogen and oxygen atoms in total. The highest BCUT2D eigenvalue weighted by atomic mass is 16.2. The van der Waals surface area contributed by atoms with Crippen LogP contribution in [0.15, 0.2) is 54.7 Å². The molecule has 138 valence electrons. The maximum absolute atomic E-state index is 12.5. The van der Waals surface area contributed by atoms with Crippen molar-refractivity contribution < 1.29 is 9.59 Å². The molecule has 0 bridgehead atoms. The number of aromatic nitrogens is 1. The van der Waals surface area contributed by atoms with E-state index in [4.69, 9.17) is 0 Å². The van der Waals surface area contributed by atoms with E-state index >= 15 is 0 Å². The first-order valence-electron chi connectivity index (χ1n) is 8.94. The Morgan fingerprint density at radius 1 is 1.04 bits per heavy atom. The van der Waals surface area contributed by atoms with Crippen LogP contribution in [0.3, 0.4) is 0 Å². The van der Waals surface area contributed by atoms with Crippen molar-refractivity contribution in [2.24, 2.45) is 0 Å². The van der Waals surface area contributed by atoms with Crippen molar-refractivity contribution in [3.63, 3.8) is 0 Å². The van der Waals surface area contributed by atoms with Gasteiger partial charge in [0.15, 0.2) is 0 Å². The van der Waals surface area contributed by atoms with E-state index in [0.29, 0.717) is 12.2 Å². The molecular weight excluding hydrogens is 338 g/mol. The van der Waals surface area contributed by atoms with E-state index in [1.807, 2.05) is 62.4 Å². The monoisotopic (exact) mass is 361 g/mol. The number of hydrogen-bond acceptors (Lipinski definition) is 3. The van der Waals surface area contributed by atoms with Crippen molar-refractivity contribution in [2.45, 2.75) is 27.2 Å². The predicted octanol–water partition coefficient (Wildman–Crippen LogP) is 4.23. The van der Waals surface area contributed by atoms with Gasteiger partial charge >= 0.3 is 0 Å². The minimum absolute atomic E-state index is 0.0853. The topological polar surface area (TPSA) is 62.3 Å². The normalized spacial score (nSPS) is 10.6. The van der Waals surface area contributed by atoms with Crippen LogP contribution in [0.1, 0.15) is 24.5 Å². The zero-order chi connectivity index (χ0) is 19.4. The number of nitrogens with zero attached hydrogens (tertiary/aromatic N) is 2. The second-order valence-electron chi connectivity index (χ2n) is 6.62. The Kier molecular flexibility index (Phi) is 5.50. The molecule has 27 heavy (non-hydrogen) atoms. The lowest BCUT2D eigenvalue weighted by Gasteiger charge is -2.22. The molecule has 1 N–H and O–H groups in total. The highest BCUT2D eigenvalue weighted by Crippen LogP contribution is 2.22. The van der Waals surface area contributed by atoms with E-state index in [2.05, 4.69) is 10.3 Å². The van der Waals surface area contributed by atoms with Crippen LogP contribution in [0.5, 0.6) is 0 Å². The van der Waals surface area contributed by atoms with Crippen LogP contribution in [-0.4, -0.2) is 23.3 Å². The number of hydrogen-bond donors (Lipinski definition) is 1. The maximum Gasteiger partial charge on any atom is 0.226 e. The van der Waals surface area contributed by atoms with Gasteiger partial charge in [-0.3, -0.25) is 14.6 Å². The highest BCUT2D eigenvalue weighted by molar-refractivity contribution is 6.01. The minimum atomic E-state index is -0.150. The first kappa shape index (κ1) is 18.6. The third-order valence-electron chi connectivity index (χ3n) is 4.65. The lowest BCUT2D eigenvalue weighted by molar-refractivity contribution is -0.117. The Morgan fingerprint density at radius 3 is 2.56 bits per heavy atom. The molecule has 0 fully saturated rings. The van der Waals surface area contributed by atoms with Gasteiger partial charge in [-0.25, -0.2) is 0 Å². The van der Waals surface area contributed by atoms with Crippen LogP contribution in [0.2, 0.25) is 0 Å². The Labute approximate surface area is 159 Å². The SMILES string of the molecule is CC(=O)N(CCC(=O)Nc1cccc2cccnc12)c1ccc(C)c(C)c1. The van der Waals surface area contributed by atoms with Gasteiger partial charge < -0.3 is 10.2 Å². The van der Waals surface area contributed by atoms with Gasteiger partial charge in [-0.15, -0.1) is 0 Å². The molecule has 0 aliphatic heterocycles. The molecule has 0 spiro atoms. The molecule has 5 heteroatoms. The van der Waals surface area contributed by atoms with Gasteiger partial charge in [0.05, 0.1) is 11.2 Å². The molecule has 2 aromatic carbocycles. The van der Waals surface area contributed by atoms with Crippen LogP contribution >= 0.6 is 0 Å². The fourth-order valence-corrected chi connectivity index (χ4v) is 2.99. The van der Waals surface area contributed by atoms with Gasteiger partial charge in [0.1, 0.15) is 0 Å². The fraction of sp³-hybridized carbons (Fsp3) is 0.227. The molecule has 0 radical (unpaired) electrons. The maximum atomic E-state index is 12.5. The summed E-state index contributed by atoms with van der Waals surface area (Å²) in [4.78, 5) is 30.5. The van der Waals surface area contributed by atoms with E-state index in [9.17, 15) is 9.59 Å². The summed E-state index contributed by atoms with van der Waals surface area (Å²) in [6.45, 7) is 5.88. The average Bonchev–Trinajstić information content (AvgIpc) is 2.65. The summed E-state index contributed by atoms with van der Waals surface area (Å²) in [6.07, 6.45) is 1.91. The van der Waals surface area contributed by atoms with Gasteiger partial charge in [-0.2, -0.15) is 0 Å². The molecule has 1 heterocycles. The van der Waals surface area contributed by atoms with Crippen LogP contribution in [0.25, 0.3) is 10.9 Å². The lowest BCUT2D eigenvalue weighted by Crippen LogP contribution is -2.32. The summed E-state index contributed by atoms with van der Waals surface area (Å²) in [5.74, 6) is -0.235. The molecule has 1 aromatic heterocycles. The molecule has 0 atom stereocenters. The van der Waals surface area contributed by atoms with Crippen LogP contribution in [0.4, 0.5) is 11.4 Å². The summed E-state index contributed by atoms with van der Waals surface area (Å²) >= 11 is 0.